The molecule has 0 fully saturated rings. The van der Waals surface area contributed by atoms with Gasteiger partial charge in [0.05, 0.1) is 17.8 Å². The Kier molecular flexibility index (Phi) is 2.79. The van der Waals surface area contributed by atoms with E-state index in [2.05, 4.69) is 10.3 Å². The third-order valence-electron chi connectivity index (χ3n) is 2.57. The highest BCUT2D eigenvalue weighted by Gasteiger charge is 2.15. The van der Waals surface area contributed by atoms with Crippen LogP contribution in [0, 0.1) is 0 Å². The van der Waals surface area contributed by atoms with Gasteiger partial charge in [-0.15, -0.1) is 0 Å². The standard InChI is InChI=1S/C9H15N3O2S/c1-15(13,14)5-4-12-7-11-8-6-10-3-2-9(8)12/h7,10H,2-6H2,1H3. The Bertz CT molecular complexity index is 450. The van der Waals surface area contributed by atoms with E-state index in [4.69, 9.17) is 0 Å². The van der Waals surface area contributed by atoms with E-state index in [0.29, 0.717) is 6.54 Å². The summed E-state index contributed by atoms with van der Waals surface area (Å²) in [6.45, 7) is 2.25. The predicted molar refractivity (Wildman–Crippen MR) is 57.3 cm³/mol. The minimum Gasteiger partial charge on any atom is -0.333 e. The first-order chi connectivity index (χ1) is 7.06. The van der Waals surface area contributed by atoms with Gasteiger partial charge < -0.3 is 9.88 Å². The van der Waals surface area contributed by atoms with Crippen LogP contribution in [0.4, 0.5) is 0 Å². The Balaban J connectivity index is 2.12. The molecule has 2 rings (SSSR count). The normalized spacial score (nSPS) is 16.3. The lowest BCUT2D eigenvalue weighted by molar-refractivity contribution is 0.581. The molecule has 0 aliphatic carbocycles. The molecule has 1 aliphatic rings. The summed E-state index contributed by atoms with van der Waals surface area (Å²) < 4.78 is 24.1. The molecule has 84 valence electrons. The highest BCUT2D eigenvalue weighted by Crippen LogP contribution is 2.12. The smallest absolute Gasteiger partial charge is 0.149 e. The number of nitrogens with one attached hydrogen (secondary N) is 1. The molecule has 0 spiro atoms. The number of nitrogens with zero attached hydrogens (tertiary/aromatic N) is 2. The van der Waals surface area contributed by atoms with Crippen molar-refractivity contribution in [3.05, 3.63) is 17.7 Å². The zero-order valence-corrected chi connectivity index (χ0v) is 9.55. The van der Waals surface area contributed by atoms with Crippen molar-refractivity contribution in [2.24, 2.45) is 0 Å². The molecule has 0 saturated carbocycles. The molecule has 1 aliphatic heterocycles. The van der Waals surface area contributed by atoms with Crippen LogP contribution in [0.25, 0.3) is 0 Å². The first kappa shape index (κ1) is 10.6. The molecule has 15 heavy (non-hydrogen) atoms. The monoisotopic (exact) mass is 229 g/mol. The van der Waals surface area contributed by atoms with Crippen molar-refractivity contribution in [1.82, 2.24) is 14.9 Å². The summed E-state index contributed by atoms with van der Waals surface area (Å²) in [5.74, 6) is 0.184. The molecule has 0 atom stereocenters. The van der Waals surface area contributed by atoms with E-state index in [1.165, 1.54) is 11.9 Å². The number of sulfone groups is 1. The minimum absolute atomic E-state index is 0.184. The lowest BCUT2D eigenvalue weighted by Crippen LogP contribution is -2.25. The van der Waals surface area contributed by atoms with Crippen LogP contribution in [-0.2, 0) is 29.3 Å². The maximum atomic E-state index is 11.0. The second-order valence-electron chi connectivity index (χ2n) is 3.89. The third-order valence-corrected chi connectivity index (χ3v) is 3.49. The van der Waals surface area contributed by atoms with Crippen LogP contribution in [0.15, 0.2) is 6.33 Å². The van der Waals surface area contributed by atoms with Crippen molar-refractivity contribution < 1.29 is 8.42 Å². The summed E-state index contributed by atoms with van der Waals surface area (Å²) in [6, 6.07) is 0. The average molecular weight is 229 g/mol. The SMILES string of the molecule is CS(=O)(=O)CCn1cnc2c1CCNC2. The second kappa shape index (κ2) is 3.94. The fourth-order valence-corrected chi connectivity index (χ4v) is 2.28. The molecule has 5 nitrogen and oxygen atoms in total. The maximum absolute atomic E-state index is 11.0. The van der Waals surface area contributed by atoms with Gasteiger partial charge in [-0.2, -0.15) is 0 Å². The van der Waals surface area contributed by atoms with Crippen molar-refractivity contribution in [3.63, 3.8) is 0 Å². The Morgan fingerprint density at radius 3 is 3.13 bits per heavy atom. The van der Waals surface area contributed by atoms with Gasteiger partial charge >= 0.3 is 0 Å². The zero-order chi connectivity index (χ0) is 10.9. The highest BCUT2D eigenvalue weighted by molar-refractivity contribution is 7.90. The minimum atomic E-state index is -2.89. The largest absolute Gasteiger partial charge is 0.333 e. The molecule has 2 heterocycles. The van der Waals surface area contributed by atoms with Gasteiger partial charge in [0.15, 0.2) is 0 Å². The molecule has 6 heteroatoms. The number of rotatable bonds is 3. The van der Waals surface area contributed by atoms with Crippen molar-refractivity contribution in [2.75, 3.05) is 18.6 Å². The molecule has 0 radical (unpaired) electrons. The summed E-state index contributed by atoms with van der Waals surface area (Å²) in [5, 5.41) is 3.23. The highest BCUT2D eigenvalue weighted by atomic mass is 32.2. The fraction of sp³-hybridized carbons (Fsp3) is 0.667. The van der Waals surface area contributed by atoms with Crippen LogP contribution in [-0.4, -0.2) is 36.5 Å². The van der Waals surface area contributed by atoms with E-state index < -0.39 is 9.84 Å². The van der Waals surface area contributed by atoms with Crippen LogP contribution >= 0.6 is 0 Å². The Labute approximate surface area is 89.4 Å². The van der Waals surface area contributed by atoms with E-state index in [1.807, 2.05) is 4.57 Å². The lowest BCUT2D eigenvalue weighted by atomic mass is 10.2. The van der Waals surface area contributed by atoms with Gasteiger partial charge in [-0.25, -0.2) is 13.4 Å². The molecule has 0 aromatic carbocycles. The summed E-state index contributed by atoms with van der Waals surface area (Å²) >= 11 is 0. The molecule has 0 unspecified atom stereocenters. The summed E-state index contributed by atoms with van der Waals surface area (Å²) in [6.07, 6.45) is 3.93. The third kappa shape index (κ3) is 2.57. The lowest BCUT2D eigenvalue weighted by Gasteiger charge is -2.14. The topological polar surface area (TPSA) is 64.0 Å². The van der Waals surface area contributed by atoms with Crippen molar-refractivity contribution in [3.8, 4) is 0 Å². The van der Waals surface area contributed by atoms with Crippen molar-refractivity contribution in [1.29, 1.82) is 0 Å². The summed E-state index contributed by atoms with van der Waals surface area (Å²) in [7, 11) is -2.89. The van der Waals surface area contributed by atoms with Gasteiger partial charge in [-0.1, -0.05) is 0 Å². The van der Waals surface area contributed by atoms with E-state index in [9.17, 15) is 8.42 Å². The van der Waals surface area contributed by atoms with Gasteiger partial charge in [0.2, 0.25) is 0 Å². The number of hydrogen-bond acceptors (Lipinski definition) is 4. The number of fused-ring (bicyclic) bond motifs is 1. The van der Waals surface area contributed by atoms with Crippen LogP contribution in [0.1, 0.15) is 11.4 Å². The molecule has 0 saturated heterocycles. The molecule has 1 aromatic heterocycles. The Morgan fingerprint density at radius 1 is 1.60 bits per heavy atom. The van der Waals surface area contributed by atoms with Gasteiger partial charge in [0.1, 0.15) is 9.84 Å². The Hall–Kier alpha value is -0.880. The van der Waals surface area contributed by atoms with Gasteiger partial charge in [0, 0.05) is 38.0 Å². The number of hydrogen-bond donors (Lipinski definition) is 1. The van der Waals surface area contributed by atoms with Crippen molar-refractivity contribution in [2.45, 2.75) is 19.5 Å². The average Bonchev–Trinajstić information content (AvgIpc) is 2.57. The quantitative estimate of drug-likeness (QED) is 0.764. The molecule has 0 bridgehead atoms. The fourth-order valence-electron chi connectivity index (χ4n) is 1.76. The van der Waals surface area contributed by atoms with E-state index in [-0.39, 0.29) is 5.75 Å². The Morgan fingerprint density at radius 2 is 2.40 bits per heavy atom. The van der Waals surface area contributed by atoms with Crippen LogP contribution < -0.4 is 5.32 Å². The van der Waals surface area contributed by atoms with Crippen LogP contribution in [0.5, 0.6) is 0 Å². The molecule has 0 amide bonds. The number of aromatic nitrogens is 2. The molecule has 1 N–H and O–H groups in total. The second-order valence-corrected chi connectivity index (χ2v) is 6.15. The van der Waals surface area contributed by atoms with E-state index in [0.717, 1.165) is 25.2 Å². The van der Waals surface area contributed by atoms with Crippen molar-refractivity contribution >= 4 is 9.84 Å². The van der Waals surface area contributed by atoms with Crippen LogP contribution in [0.3, 0.4) is 0 Å². The maximum Gasteiger partial charge on any atom is 0.149 e. The van der Waals surface area contributed by atoms with Gasteiger partial charge in [0.25, 0.3) is 0 Å². The molecule has 1 aromatic rings. The molecular formula is C9H15N3O2S. The van der Waals surface area contributed by atoms with Gasteiger partial charge in [-0.3, -0.25) is 0 Å². The molecular weight excluding hydrogens is 214 g/mol. The van der Waals surface area contributed by atoms with Crippen LogP contribution in [0.2, 0.25) is 0 Å². The van der Waals surface area contributed by atoms with E-state index >= 15 is 0 Å². The summed E-state index contributed by atoms with van der Waals surface area (Å²) in [4.78, 5) is 4.26. The zero-order valence-electron chi connectivity index (χ0n) is 8.73. The summed E-state index contributed by atoms with van der Waals surface area (Å²) in [5.41, 5.74) is 2.23. The first-order valence-corrected chi connectivity index (χ1v) is 7.03. The predicted octanol–water partition coefficient (Wildman–Crippen LogP) is -0.427. The number of imidazole rings is 1. The number of aryl methyl sites for hydroxylation is 1. The van der Waals surface area contributed by atoms with E-state index in [1.54, 1.807) is 6.33 Å². The van der Waals surface area contributed by atoms with Gasteiger partial charge in [-0.05, 0) is 0 Å². The first-order valence-electron chi connectivity index (χ1n) is 4.97.